The molecule has 2 fully saturated rings. The van der Waals surface area contributed by atoms with Gasteiger partial charge in [0.1, 0.15) is 0 Å². The van der Waals surface area contributed by atoms with E-state index in [1.807, 2.05) is 0 Å². The number of hydrogen-bond donors (Lipinski definition) is 2. The van der Waals surface area contributed by atoms with Crippen molar-refractivity contribution in [3.63, 3.8) is 0 Å². The lowest BCUT2D eigenvalue weighted by atomic mass is 9.51. The summed E-state index contributed by atoms with van der Waals surface area (Å²) in [5.74, 6) is 3.16. The lowest BCUT2D eigenvalue weighted by Gasteiger charge is -2.54. The fourth-order valence-electron chi connectivity index (χ4n) is 6.81. The fourth-order valence-corrected chi connectivity index (χ4v) is 6.81. The zero-order valence-electron chi connectivity index (χ0n) is 17.7. The minimum Gasteiger partial charge on any atom is -0.393 e. The van der Waals surface area contributed by atoms with E-state index in [9.17, 15) is 10.2 Å². The van der Waals surface area contributed by atoms with Gasteiger partial charge >= 0.3 is 0 Å². The van der Waals surface area contributed by atoms with Gasteiger partial charge in [-0.2, -0.15) is 0 Å². The molecule has 4 unspecified atom stereocenters. The summed E-state index contributed by atoms with van der Waals surface area (Å²) in [6.07, 6.45) is 9.66. The van der Waals surface area contributed by atoms with E-state index in [1.165, 1.54) is 51.4 Å². The first-order chi connectivity index (χ1) is 11.8. The number of rotatable bonds is 6. The Kier molecular flexibility index (Phi) is 7.42. The van der Waals surface area contributed by atoms with Gasteiger partial charge in [0.2, 0.25) is 0 Å². The van der Waals surface area contributed by atoms with Crippen molar-refractivity contribution < 1.29 is 10.2 Å². The van der Waals surface area contributed by atoms with E-state index in [0.29, 0.717) is 29.1 Å². The highest BCUT2D eigenvalue weighted by atomic mass is 16.3. The third kappa shape index (κ3) is 4.26. The van der Waals surface area contributed by atoms with Crippen LogP contribution in [0.15, 0.2) is 0 Å². The van der Waals surface area contributed by atoms with E-state index < -0.39 is 0 Å². The largest absolute Gasteiger partial charge is 0.393 e. The van der Waals surface area contributed by atoms with E-state index in [1.54, 1.807) is 0 Å². The van der Waals surface area contributed by atoms with Gasteiger partial charge < -0.3 is 10.2 Å². The van der Waals surface area contributed by atoms with E-state index in [2.05, 4.69) is 41.5 Å². The summed E-state index contributed by atoms with van der Waals surface area (Å²) in [7, 11) is 0. The molecular formula is C23H44O2. The fraction of sp³-hybridized carbons (Fsp3) is 1.00. The van der Waals surface area contributed by atoms with Crippen LogP contribution < -0.4 is 0 Å². The molecule has 0 saturated heterocycles. The molecule has 0 spiro atoms. The minimum absolute atomic E-state index is 0.122. The second-order valence-electron chi connectivity index (χ2n) is 9.96. The molecule has 0 aromatic rings. The van der Waals surface area contributed by atoms with Crippen molar-refractivity contribution in [2.24, 2.45) is 40.9 Å². The van der Waals surface area contributed by atoms with Crippen molar-refractivity contribution in [3.8, 4) is 0 Å². The first-order valence-corrected chi connectivity index (χ1v) is 11.1. The Morgan fingerprint density at radius 1 is 0.640 bits per heavy atom. The van der Waals surface area contributed by atoms with Crippen LogP contribution in [0.5, 0.6) is 0 Å². The Morgan fingerprint density at radius 2 is 0.920 bits per heavy atom. The van der Waals surface area contributed by atoms with Crippen LogP contribution in [-0.4, -0.2) is 22.4 Å². The monoisotopic (exact) mass is 352 g/mol. The summed E-state index contributed by atoms with van der Waals surface area (Å²) >= 11 is 0. The molecule has 25 heavy (non-hydrogen) atoms. The van der Waals surface area contributed by atoms with Crippen LogP contribution >= 0.6 is 0 Å². The molecule has 4 atom stereocenters. The maximum Gasteiger partial charge on any atom is 0.0591 e. The second kappa shape index (κ2) is 8.74. The Hall–Kier alpha value is -0.0800. The molecule has 0 aromatic heterocycles. The van der Waals surface area contributed by atoms with E-state index >= 15 is 0 Å². The normalized spacial score (nSPS) is 43.2. The smallest absolute Gasteiger partial charge is 0.0591 e. The Balaban J connectivity index is 2.33. The van der Waals surface area contributed by atoms with Crippen LogP contribution in [0.1, 0.15) is 92.9 Å². The van der Waals surface area contributed by atoms with Gasteiger partial charge in [0.25, 0.3) is 0 Å². The van der Waals surface area contributed by atoms with Crippen LogP contribution in [0.25, 0.3) is 0 Å². The highest BCUT2D eigenvalue weighted by molar-refractivity contribution is 4.99. The summed E-state index contributed by atoms with van der Waals surface area (Å²) in [6.45, 7) is 13.7. The summed E-state index contributed by atoms with van der Waals surface area (Å²) in [5.41, 5.74) is 0.412. The zero-order valence-corrected chi connectivity index (χ0v) is 17.7. The van der Waals surface area contributed by atoms with Crippen molar-refractivity contribution >= 4 is 0 Å². The molecule has 2 nitrogen and oxygen atoms in total. The average Bonchev–Trinajstić information content (AvgIpc) is 2.56. The molecule has 2 aliphatic rings. The van der Waals surface area contributed by atoms with Gasteiger partial charge in [0.15, 0.2) is 0 Å². The highest BCUT2D eigenvalue weighted by Crippen LogP contribution is 2.57. The predicted molar refractivity (Wildman–Crippen MR) is 106 cm³/mol. The van der Waals surface area contributed by atoms with Gasteiger partial charge in [-0.1, -0.05) is 54.4 Å². The second-order valence-corrected chi connectivity index (χ2v) is 9.96. The van der Waals surface area contributed by atoms with Gasteiger partial charge in [-0.15, -0.1) is 0 Å². The van der Waals surface area contributed by atoms with Gasteiger partial charge in [0, 0.05) is 0 Å². The maximum absolute atomic E-state index is 10.5. The van der Waals surface area contributed by atoms with E-state index in [0.717, 1.165) is 11.8 Å². The Labute approximate surface area is 156 Å². The van der Waals surface area contributed by atoms with Crippen molar-refractivity contribution in [2.75, 3.05) is 0 Å². The van der Waals surface area contributed by atoms with Crippen molar-refractivity contribution in [3.05, 3.63) is 0 Å². The van der Waals surface area contributed by atoms with E-state index in [-0.39, 0.29) is 12.2 Å². The third-order valence-electron chi connectivity index (χ3n) is 8.01. The molecule has 2 saturated carbocycles. The molecule has 148 valence electrons. The highest BCUT2D eigenvalue weighted by Gasteiger charge is 2.50. The standard InChI is InChI=1S/C23H44O2/c1-7-9-23(10-8-2,19-11-15(3)21(24)16(4)12-19)20-13-17(5)22(25)18(6)14-20/h15-22,24-25H,7-14H2,1-6H3. The molecule has 2 N–H and O–H groups in total. The van der Waals surface area contributed by atoms with Crippen LogP contribution in [0, 0.1) is 40.9 Å². The minimum atomic E-state index is -0.122. The van der Waals surface area contributed by atoms with Crippen LogP contribution in [0.4, 0.5) is 0 Å². The molecule has 0 aromatic carbocycles. The first-order valence-electron chi connectivity index (χ1n) is 11.1. The first kappa shape index (κ1) is 21.2. The topological polar surface area (TPSA) is 40.5 Å². The van der Waals surface area contributed by atoms with Gasteiger partial charge in [-0.25, -0.2) is 0 Å². The molecule has 2 rings (SSSR count). The summed E-state index contributed by atoms with van der Waals surface area (Å²) in [6, 6.07) is 0. The van der Waals surface area contributed by atoms with Crippen LogP contribution in [0.3, 0.4) is 0 Å². The summed E-state index contributed by atoms with van der Waals surface area (Å²) in [4.78, 5) is 0. The molecule has 2 heteroatoms. The lowest BCUT2D eigenvalue weighted by Crippen LogP contribution is -2.49. The SMILES string of the molecule is CCCC(CCC)(C1CC(C)C(O)C(C)C1)C1CC(C)C(O)C(C)C1. The number of aliphatic hydroxyl groups is 2. The molecule has 0 radical (unpaired) electrons. The molecule has 2 aliphatic carbocycles. The number of aliphatic hydroxyl groups excluding tert-OH is 2. The van der Waals surface area contributed by atoms with Gasteiger partial charge in [-0.3, -0.25) is 0 Å². The maximum atomic E-state index is 10.5. The summed E-state index contributed by atoms with van der Waals surface area (Å²) in [5, 5.41) is 21.0. The Bertz CT molecular complexity index is 345. The lowest BCUT2D eigenvalue weighted by molar-refractivity contribution is -0.0902. The predicted octanol–water partition coefficient (Wildman–Crippen LogP) is 5.66. The van der Waals surface area contributed by atoms with Crippen molar-refractivity contribution in [2.45, 2.75) is 105 Å². The third-order valence-corrected chi connectivity index (χ3v) is 8.01. The zero-order chi connectivity index (χ0) is 18.8. The molecule has 0 heterocycles. The van der Waals surface area contributed by atoms with Crippen LogP contribution in [-0.2, 0) is 0 Å². The Morgan fingerprint density at radius 3 is 1.16 bits per heavy atom. The molecular weight excluding hydrogens is 308 g/mol. The summed E-state index contributed by atoms with van der Waals surface area (Å²) < 4.78 is 0. The van der Waals surface area contributed by atoms with E-state index in [4.69, 9.17) is 0 Å². The van der Waals surface area contributed by atoms with Gasteiger partial charge in [-0.05, 0) is 79.4 Å². The average molecular weight is 353 g/mol. The van der Waals surface area contributed by atoms with Crippen LogP contribution in [0.2, 0.25) is 0 Å². The van der Waals surface area contributed by atoms with Gasteiger partial charge in [0.05, 0.1) is 12.2 Å². The number of hydrogen-bond acceptors (Lipinski definition) is 2. The van der Waals surface area contributed by atoms with Crippen molar-refractivity contribution in [1.29, 1.82) is 0 Å². The van der Waals surface area contributed by atoms with Crippen molar-refractivity contribution in [1.82, 2.24) is 0 Å². The quantitative estimate of drug-likeness (QED) is 0.647. The molecule has 0 amide bonds. The molecule has 0 bridgehead atoms. The molecule has 0 aliphatic heterocycles.